The summed E-state index contributed by atoms with van der Waals surface area (Å²) in [6.07, 6.45) is -3.73. The molecule has 170 valence electrons. The minimum absolute atomic E-state index is 0.0229. The number of aryl methyl sites for hydroxylation is 1. The lowest BCUT2D eigenvalue weighted by molar-refractivity contribution is -0.136. The van der Waals surface area contributed by atoms with Gasteiger partial charge in [0.05, 0.1) is 17.8 Å². The lowest BCUT2D eigenvalue weighted by Crippen LogP contribution is -2.06. The molecular weight excluding hydrogens is 433 g/mol. The number of benzene rings is 4. The summed E-state index contributed by atoms with van der Waals surface area (Å²) in [6, 6.07) is 30.2. The Balaban J connectivity index is 1.66. The molecule has 0 saturated heterocycles. The molecule has 0 N–H and O–H groups in total. The van der Waals surface area contributed by atoms with Crippen molar-refractivity contribution in [3.63, 3.8) is 0 Å². The second-order valence-corrected chi connectivity index (χ2v) is 8.49. The Hall–Kier alpha value is -3.86. The monoisotopic (exact) mass is 456 g/mol. The number of hydrogen-bond donors (Lipinski definition) is 0. The van der Waals surface area contributed by atoms with Gasteiger partial charge in [-0.15, -0.1) is 0 Å². The number of aromatic nitrogens is 2. The first-order valence-electron chi connectivity index (χ1n) is 11.1. The smallest absolute Gasteiger partial charge is 0.259 e. The maximum Gasteiger partial charge on any atom is 0.418 e. The van der Waals surface area contributed by atoms with Crippen molar-refractivity contribution in [1.82, 2.24) is 9.78 Å². The Kier molecular flexibility index (Phi) is 5.70. The van der Waals surface area contributed by atoms with E-state index in [0.29, 0.717) is 17.6 Å². The molecule has 5 aromatic rings. The summed E-state index contributed by atoms with van der Waals surface area (Å²) in [5.41, 5.74) is 5.31. The fourth-order valence-electron chi connectivity index (χ4n) is 4.41. The number of rotatable bonds is 5. The van der Waals surface area contributed by atoms with Gasteiger partial charge >= 0.3 is 6.18 Å². The third-order valence-electron chi connectivity index (χ3n) is 6.11. The van der Waals surface area contributed by atoms with E-state index in [0.717, 1.165) is 29.2 Å². The topological polar surface area (TPSA) is 17.8 Å². The molecule has 0 radical (unpaired) electrons. The van der Waals surface area contributed by atoms with Gasteiger partial charge in [0.1, 0.15) is 5.52 Å². The molecule has 0 unspecified atom stereocenters. The first-order valence-corrected chi connectivity index (χ1v) is 11.1. The molecule has 2 nitrogen and oxygen atoms in total. The second-order valence-electron chi connectivity index (χ2n) is 8.49. The Labute approximate surface area is 196 Å². The van der Waals surface area contributed by atoms with Crippen molar-refractivity contribution in [2.45, 2.75) is 26.1 Å². The van der Waals surface area contributed by atoms with Crippen molar-refractivity contribution in [3.8, 4) is 11.3 Å². The maximum atomic E-state index is 13.8. The van der Waals surface area contributed by atoms with Gasteiger partial charge in [-0.25, -0.2) is 0 Å². The molecule has 0 spiro atoms. The largest absolute Gasteiger partial charge is 0.418 e. The van der Waals surface area contributed by atoms with Crippen LogP contribution in [0.3, 0.4) is 0 Å². The Morgan fingerprint density at radius 2 is 1.47 bits per heavy atom. The van der Waals surface area contributed by atoms with Gasteiger partial charge in [0.2, 0.25) is 0 Å². The third-order valence-corrected chi connectivity index (χ3v) is 6.11. The molecule has 0 bridgehead atoms. The van der Waals surface area contributed by atoms with Gasteiger partial charge in [-0.2, -0.15) is 18.3 Å². The van der Waals surface area contributed by atoms with Crippen LogP contribution in [-0.4, -0.2) is 9.78 Å². The van der Waals surface area contributed by atoms with Gasteiger partial charge in [0.15, 0.2) is 0 Å². The minimum Gasteiger partial charge on any atom is -0.259 e. The molecule has 0 fully saturated rings. The summed E-state index contributed by atoms with van der Waals surface area (Å²) >= 11 is 0. The molecule has 34 heavy (non-hydrogen) atoms. The van der Waals surface area contributed by atoms with Crippen molar-refractivity contribution < 1.29 is 13.2 Å². The van der Waals surface area contributed by atoms with Crippen LogP contribution >= 0.6 is 0 Å². The summed E-state index contributed by atoms with van der Waals surface area (Å²) < 4.78 is 43.0. The van der Waals surface area contributed by atoms with Crippen LogP contribution in [-0.2, 0) is 19.1 Å². The van der Waals surface area contributed by atoms with E-state index in [-0.39, 0.29) is 5.52 Å². The highest BCUT2D eigenvalue weighted by Gasteiger charge is 2.34. The van der Waals surface area contributed by atoms with E-state index in [2.05, 4.69) is 36.3 Å². The molecule has 5 heteroatoms. The van der Waals surface area contributed by atoms with Crippen molar-refractivity contribution in [2.75, 3.05) is 0 Å². The summed E-state index contributed by atoms with van der Waals surface area (Å²) in [5, 5.41) is 4.97. The van der Waals surface area contributed by atoms with Crippen molar-refractivity contribution in [1.29, 1.82) is 0 Å². The molecule has 5 rings (SSSR count). The maximum absolute atomic E-state index is 13.8. The molecule has 0 amide bonds. The molecule has 1 aromatic heterocycles. The lowest BCUT2D eigenvalue weighted by atomic mass is 9.97. The van der Waals surface area contributed by atoms with Crippen LogP contribution in [0.25, 0.3) is 22.2 Å². The van der Waals surface area contributed by atoms with E-state index in [1.807, 2.05) is 54.6 Å². The van der Waals surface area contributed by atoms with Crippen LogP contribution < -0.4 is 0 Å². The molecule has 0 saturated carbocycles. The van der Waals surface area contributed by atoms with Crippen LogP contribution in [0.5, 0.6) is 0 Å². The summed E-state index contributed by atoms with van der Waals surface area (Å²) in [4.78, 5) is 0. The van der Waals surface area contributed by atoms with Crippen LogP contribution in [0.4, 0.5) is 13.2 Å². The van der Waals surface area contributed by atoms with Gasteiger partial charge in [-0.05, 0) is 47.7 Å². The molecule has 1 heterocycles. The van der Waals surface area contributed by atoms with Crippen LogP contribution in [0.2, 0.25) is 0 Å². The Morgan fingerprint density at radius 1 is 0.765 bits per heavy atom. The second kappa shape index (κ2) is 8.82. The summed E-state index contributed by atoms with van der Waals surface area (Å²) in [5.74, 6) is 0. The molecule has 0 aliphatic rings. The van der Waals surface area contributed by atoms with Crippen LogP contribution in [0.1, 0.15) is 27.8 Å². The van der Waals surface area contributed by atoms with Gasteiger partial charge in [0, 0.05) is 10.9 Å². The standard InChI is InChI=1S/C29H23F3N2/c1-20-9-5-6-13-23(20)17-22-12-7-14-24(18-22)28-25-15-8-16-26(29(30,31)32)27(25)33-34(28)19-21-10-3-2-4-11-21/h2-16,18H,17,19H2,1H3. The van der Waals surface area contributed by atoms with Gasteiger partial charge in [-0.1, -0.05) is 84.9 Å². The number of hydrogen-bond acceptors (Lipinski definition) is 1. The average molecular weight is 457 g/mol. The molecule has 0 atom stereocenters. The first kappa shape index (κ1) is 22.0. The first-order chi connectivity index (χ1) is 16.4. The van der Waals surface area contributed by atoms with Crippen molar-refractivity contribution >= 4 is 10.9 Å². The van der Waals surface area contributed by atoms with Crippen LogP contribution in [0, 0.1) is 6.92 Å². The highest BCUT2D eigenvalue weighted by molar-refractivity contribution is 5.95. The number of nitrogens with zero attached hydrogens (tertiary/aromatic N) is 2. The summed E-state index contributed by atoms with van der Waals surface area (Å²) in [6.45, 7) is 2.46. The number of halogens is 3. The molecule has 0 aliphatic heterocycles. The van der Waals surface area contributed by atoms with E-state index in [1.165, 1.54) is 17.2 Å². The van der Waals surface area contributed by atoms with Gasteiger partial charge < -0.3 is 0 Å². The fourth-order valence-corrected chi connectivity index (χ4v) is 4.41. The van der Waals surface area contributed by atoms with E-state index in [9.17, 15) is 13.2 Å². The Morgan fingerprint density at radius 3 is 2.24 bits per heavy atom. The zero-order valence-electron chi connectivity index (χ0n) is 18.7. The van der Waals surface area contributed by atoms with Gasteiger partial charge in [-0.3, -0.25) is 4.68 Å². The van der Waals surface area contributed by atoms with E-state index < -0.39 is 11.7 Å². The van der Waals surface area contributed by atoms with Gasteiger partial charge in [0.25, 0.3) is 0 Å². The zero-order chi connectivity index (χ0) is 23.7. The molecule has 0 aliphatic carbocycles. The third kappa shape index (κ3) is 4.34. The zero-order valence-corrected chi connectivity index (χ0v) is 18.7. The minimum atomic E-state index is -4.48. The van der Waals surface area contributed by atoms with Crippen LogP contribution in [0.15, 0.2) is 97.1 Å². The van der Waals surface area contributed by atoms with Crippen molar-refractivity contribution in [2.24, 2.45) is 0 Å². The van der Waals surface area contributed by atoms with E-state index in [1.54, 1.807) is 10.7 Å². The Bertz CT molecular complexity index is 1450. The quantitative estimate of drug-likeness (QED) is 0.265. The number of fused-ring (bicyclic) bond motifs is 1. The predicted octanol–water partition coefficient (Wildman–Crippen LogP) is 7.67. The predicted molar refractivity (Wildman–Crippen MR) is 130 cm³/mol. The highest BCUT2D eigenvalue weighted by atomic mass is 19.4. The normalized spacial score (nSPS) is 11.8. The summed E-state index contributed by atoms with van der Waals surface area (Å²) in [7, 11) is 0. The molecule has 4 aromatic carbocycles. The lowest BCUT2D eigenvalue weighted by Gasteiger charge is -2.11. The molecular formula is C29H23F3N2. The van der Waals surface area contributed by atoms with E-state index in [4.69, 9.17) is 0 Å². The van der Waals surface area contributed by atoms with E-state index >= 15 is 0 Å². The average Bonchev–Trinajstić information content (AvgIpc) is 3.18. The fraction of sp³-hybridized carbons (Fsp3) is 0.138. The number of alkyl halides is 3. The van der Waals surface area contributed by atoms with Crippen molar-refractivity contribution in [3.05, 3.63) is 125 Å². The SMILES string of the molecule is Cc1ccccc1Cc1cccc(-c2c3cccc(C(F)(F)F)c3nn2Cc2ccccc2)c1. The highest BCUT2D eigenvalue weighted by Crippen LogP contribution is 2.38.